The molecule has 32 heavy (non-hydrogen) atoms. The van der Waals surface area contributed by atoms with Crippen LogP contribution < -0.4 is 14.8 Å². The van der Waals surface area contributed by atoms with Crippen LogP contribution in [0.4, 0.5) is 5.69 Å². The van der Waals surface area contributed by atoms with E-state index in [9.17, 15) is 9.59 Å². The molecule has 1 aliphatic rings. The van der Waals surface area contributed by atoms with Gasteiger partial charge in [-0.15, -0.1) is 6.42 Å². The highest BCUT2D eigenvalue weighted by Crippen LogP contribution is 2.32. The number of carbonyl (C=O) groups excluding carboxylic acids is 2. The van der Waals surface area contributed by atoms with E-state index in [1.807, 2.05) is 25.1 Å². The van der Waals surface area contributed by atoms with Crippen LogP contribution in [-0.4, -0.2) is 31.6 Å². The number of benzene rings is 2. The molecule has 0 saturated carbocycles. The van der Waals surface area contributed by atoms with Crippen molar-refractivity contribution in [1.29, 1.82) is 0 Å². The smallest absolute Gasteiger partial charge is 0.347 e. The van der Waals surface area contributed by atoms with Crippen molar-refractivity contribution in [2.24, 2.45) is 0 Å². The maximum Gasteiger partial charge on any atom is 0.347 e. The standard InChI is InChI=1S/C25H23NO6/c1-4-14-31-19-13-12-17(15-20(19)29-5-2)16-21-23(27)22(25(28)30-6-3)24(32-21)26-18-10-8-7-9-11-18/h1,7-13,15-16,26H,5-6,14H2,2-3H3/b21-16-. The number of hydrogen-bond donors (Lipinski definition) is 1. The molecule has 7 heteroatoms. The van der Waals surface area contributed by atoms with Crippen molar-refractivity contribution >= 4 is 23.5 Å². The van der Waals surface area contributed by atoms with Crippen molar-refractivity contribution in [3.8, 4) is 23.8 Å². The van der Waals surface area contributed by atoms with E-state index in [-0.39, 0.29) is 30.4 Å². The summed E-state index contributed by atoms with van der Waals surface area (Å²) in [4.78, 5) is 25.4. The van der Waals surface area contributed by atoms with Gasteiger partial charge in [0.15, 0.2) is 22.8 Å². The highest BCUT2D eigenvalue weighted by atomic mass is 16.5. The van der Waals surface area contributed by atoms with Crippen LogP contribution in [0.2, 0.25) is 0 Å². The summed E-state index contributed by atoms with van der Waals surface area (Å²) in [5.74, 6) is 2.03. The average Bonchev–Trinajstić information content (AvgIpc) is 3.09. The van der Waals surface area contributed by atoms with Gasteiger partial charge in [0.25, 0.3) is 0 Å². The average molecular weight is 433 g/mol. The molecule has 1 heterocycles. The Bertz CT molecular complexity index is 1100. The Hall–Kier alpha value is -4.18. The zero-order valence-electron chi connectivity index (χ0n) is 17.8. The summed E-state index contributed by atoms with van der Waals surface area (Å²) in [5.41, 5.74) is 1.09. The summed E-state index contributed by atoms with van der Waals surface area (Å²) in [6.07, 6.45) is 6.78. The zero-order valence-corrected chi connectivity index (χ0v) is 17.8. The lowest BCUT2D eigenvalue weighted by atomic mass is 10.1. The molecule has 0 unspecified atom stereocenters. The minimum atomic E-state index is -0.757. The molecule has 0 radical (unpaired) electrons. The van der Waals surface area contributed by atoms with Gasteiger partial charge in [-0.2, -0.15) is 0 Å². The fraction of sp³-hybridized carbons (Fsp3) is 0.200. The molecule has 0 saturated heterocycles. The number of esters is 1. The molecular formula is C25H23NO6. The van der Waals surface area contributed by atoms with Crippen LogP contribution >= 0.6 is 0 Å². The van der Waals surface area contributed by atoms with Crippen molar-refractivity contribution in [3.05, 3.63) is 71.3 Å². The van der Waals surface area contributed by atoms with E-state index in [0.29, 0.717) is 29.4 Å². The number of rotatable bonds is 9. The van der Waals surface area contributed by atoms with E-state index in [0.717, 1.165) is 0 Å². The van der Waals surface area contributed by atoms with Gasteiger partial charge >= 0.3 is 5.97 Å². The SMILES string of the molecule is C#CCOc1ccc(/C=C2\OC(Nc3ccccc3)=C(C(=O)OCC)C2=O)cc1OCC. The fourth-order valence-corrected chi connectivity index (χ4v) is 2.93. The van der Waals surface area contributed by atoms with Crippen LogP contribution in [0.3, 0.4) is 0 Å². The first kappa shape index (κ1) is 22.5. The summed E-state index contributed by atoms with van der Waals surface area (Å²) in [5, 5.41) is 2.97. The number of nitrogens with one attached hydrogen (secondary N) is 1. The maximum absolute atomic E-state index is 13.0. The van der Waals surface area contributed by atoms with Gasteiger partial charge in [0, 0.05) is 5.69 Å². The normalized spacial score (nSPS) is 14.0. The van der Waals surface area contributed by atoms with Crippen molar-refractivity contribution in [1.82, 2.24) is 0 Å². The third-order valence-corrected chi connectivity index (χ3v) is 4.28. The largest absolute Gasteiger partial charge is 0.490 e. The van der Waals surface area contributed by atoms with Crippen molar-refractivity contribution in [2.75, 3.05) is 25.1 Å². The first-order chi connectivity index (χ1) is 15.6. The van der Waals surface area contributed by atoms with E-state index < -0.39 is 11.8 Å². The number of para-hydroxylation sites is 1. The second kappa shape index (κ2) is 10.7. The van der Waals surface area contributed by atoms with Gasteiger partial charge in [0.05, 0.1) is 13.2 Å². The summed E-state index contributed by atoms with van der Waals surface area (Å²) < 4.78 is 21.9. The van der Waals surface area contributed by atoms with Gasteiger partial charge in [0.1, 0.15) is 6.61 Å². The third-order valence-electron chi connectivity index (χ3n) is 4.28. The Morgan fingerprint density at radius 3 is 2.56 bits per heavy atom. The number of ketones is 1. The number of hydrogen-bond acceptors (Lipinski definition) is 7. The Balaban J connectivity index is 1.92. The highest BCUT2D eigenvalue weighted by Gasteiger charge is 2.37. The van der Waals surface area contributed by atoms with Gasteiger partial charge in [0.2, 0.25) is 11.7 Å². The number of anilines is 1. The summed E-state index contributed by atoms with van der Waals surface area (Å²) in [7, 11) is 0. The molecule has 0 aromatic heterocycles. The summed E-state index contributed by atoms with van der Waals surface area (Å²) >= 11 is 0. The first-order valence-electron chi connectivity index (χ1n) is 10.1. The van der Waals surface area contributed by atoms with Crippen molar-refractivity contribution in [2.45, 2.75) is 13.8 Å². The van der Waals surface area contributed by atoms with E-state index >= 15 is 0 Å². The number of carbonyl (C=O) groups is 2. The third kappa shape index (κ3) is 5.29. The number of Topliss-reactive ketones (excluding diaryl/α,β-unsaturated/α-hetero) is 1. The quantitative estimate of drug-likeness (QED) is 0.278. The lowest BCUT2D eigenvalue weighted by Gasteiger charge is -2.11. The van der Waals surface area contributed by atoms with Crippen LogP contribution in [0.15, 0.2) is 65.7 Å². The molecule has 1 aliphatic heterocycles. The lowest BCUT2D eigenvalue weighted by Crippen LogP contribution is -2.16. The van der Waals surface area contributed by atoms with Crippen LogP contribution in [0.5, 0.6) is 11.5 Å². The molecule has 2 aromatic rings. The van der Waals surface area contributed by atoms with E-state index in [1.165, 1.54) is 6.08 Å². The zero-order chi connectivity index (χ0) is 22.9. The van der Waals surface area contributed by atoms with Gasteiger partial charge in [-0.1, -0.05) is 30.2 Å². The molecule has 0 fully saturated rings. The molecule has 1 N–H and O–H groups in total. The van der Waals surface area contributed by atoms with Crippen LogP contribution in [-0.2, 0) is 19.1 Å². The highest BCUT2D eigenvalue weighted by molar-refractivity contribution is 6.26. The van der Waals surface area contributed by atoms with Crippen LogP contribution in [0.25, 0.3) is 6.08 Å². The Morgan fingerprint density at radius 1 is 1.09 bits per heavy atom. The van der Waals surface area contributed by atoms with E-state index in [1.54, 1.807) is 37.3 Å². The summed E-state index contributed by atoms with van der Waals surface area (Å²) in [6, 6.07) is 14.2. The predicted molar refractivity (Wildman–Crippen MR) is 120 cm³/mol. The summed E-state index contributed by atoms with van der Waals surface area (Å²) in [6.45, 7) is 4.16. The van der Waals surface area contributed by atoms with E-state index in [2.05, 4.69) is 11.2 Å². The van der Waals surface area contributed by atoms with Crippen molar-refractivity contribution < 1.29 is 28.5 Å². The minimum Gasteiger partial charge on any atom is -0.490 e. The predicted octanol–water partition coefficient (Wildman–Crippen LogP) is 3.92. The number of ether oxygens (including phenoxy) is 4. The molecule has 0 aliphatic carbocycles. The van der Waals surface area contributed by atoms with Gasteiger partial charge in [-0.05, 0) is 49.8 Å². The second-order valence-electron chi connectivity index (χ2n) is 6.49. The molecule has 0 amide bonds. The molecule has 0 bridgehead atoms. The Morgan fingerprint density at radius 2 is 1.88 bits per heavy atom. The van der Waals surface area contributed by atoms with Crippen LogP contribution in [0, 0.1) is 12.3 Å². The molecule has 7 nitrogen and oxygen atoms in total. The first-order valence-corrected chi connectivity index (χ1v) is 10.1. The Kier molecular flexibility index (Phi) is 7.55. The lowest BCUT2D eigenvalue weighted by molar-refractivity contribution is -0.139. The number of allylic oxidation sites excluding steroid dienone is 1. The second-order valence-corrected chi connectivity index (χ2v) is 6.49. The molecule has 3 rings (SSSR count). The monoisotopic (exact) mass is 433 g/mol. The molecule has 0 atom stereocenters. The number of terminal acetylenes is 1. The topological polar surface area (TPSA) is 83.1 Å². The van der Waals surface area contributed by atoms with E-state index in [4.69, 9.17) is 25.4 Å². The molecule has 0 spiro atoms. The van der Waals surface area contributed by atoms with Crippen molar-refractivity contribution in [3.63, 3.8) is 0 Å². The minimum absolute atomic E-state index is 0.0184. The molecule has 2 aromatic carbocycles. The van der Waals surface area contributed by atoms with Gasteiger partial charge in [-0.25, -0.2) is 4.79 Å². The van der Waals surface area contributed by atoms with Crippen LogP contribution in [0.1, 0.15) is 19.4 Å². The van der Waals surface area contributed by atoms with Gasteiger partial charge < -0.3 is 24.3 Å². The van der Waals surface area contributed by atoms with Gasteiger partial charge in [-0.3, -0.25) is 4.79 Å². The maximum atomic E-state index is 13.0. The fourth-order valence-electron chi connectivity index (χ4n) is 2.93. The Labute approximate surface area is 186 Å². The molecular weight excluding hydrogens is 410 g/mol. The molecule has 164 valence electrons.